The molecule has 0 aliphatic carbocycles. The van der Waals surface area contributed by atoms with Gasteiger partial charge in [-0.1, -0.05) is 30.3 Å². The Kier molecular flexibility index (Phi) is 8.17. The third-order valence-electron chi connectivity index (χ3n) is 5.67. The molecule has 31 heavy (non-hydrogen) atoms. The Labute approximate surface area is 184 Å². The number of aryl methyl sites for hydroxylation is 1. The molecule has 6 nitrogen and oxygen atoms in total. The molecule has 2 heterocycles. The van der Waals surface area contributed by atoms with E-state index in [2.05, 4.69) is 21.2 Å². The molecule has 1 aromatic heterocycles. The number of nitrogens with one attached hydrogen (secondary N) is 1. The van der Waals surface area contributed by atoms with Crippen molar-refractivity contribution in [3.63, 3.8) is 0 Å². The molecule has 6 heteroatoms. The number of carbonyl (C=O) groups is 2. The highest BCUT2D eigenvalue weighted by Gasteiger charge is 2.28. The maximum atomic E-state index is 12.9. The maximum absolute atomic E-state index is 12.9. The lowest BCUT2D eigenvalue weighted by Gasteiger charge is -2.32. The number of amides is 2. The molecule has 0 unspecified atom stereocenters. The van der Waals surface area contributed by atoms with Crippen LogP contribution < -0.4 is 5.32 Å². The Morgan fingerprint density at radius 1 is 1.23 bits per heavy atom. The summed E-state index contributed by atoms with van der Waals surface area (Å²) in [6, 6.07) is 10.1. The number of rotatable bonds is 8. The molecule has 2 amide bonds. The van der Waals surface area contributed by atoms with Crippen molar-refractivity contribution in [3.8, 4) is 12.3 Å². The van der Waals surface area contributed by atoms with Crippen molar-refractivity contribution in [2.45, 2.75) is 51.4 Å². The van der Waals surface area contributed by atoms with E-state index >= 15 is 0 Å². The lowest BCUT2D eigenvalue weighted by atomic mass is 9.90. The van der Waals surface area contributed by atoms with Crippen LogP contribution in [0.15, 0.2) is 36.5 Å². The zero-order valence-corrected chi connectivity index (χ0v) is 18.1. The van der Waals surface area contributed by atoms with Gasteiger partial charge in [0.1, 0.15) is 5.82 Å². The zero-order valence-electron chi connectivity index (χ0n) is 18.1. The predicted molar refractivity (Wildman–Crippen MR) is 120 cm³/mol. The Morgan fingerprint density at radius 3 is 2.68 bits per heavy atom. The number of benzene rings is 1. The molecule has 0 spiro atoms. The Bertz CT molecular complexity index is 928. The smallest absolute Gasteiger partial charge is 0.254 e. The standard InChI is InChI=1S/C25H30N4O2/c1-3-4-6-11-23(30)29-16-13-21(14-17-29)24-22(18-27-19(2)28-24)25(31)26-15-12-20-9-7-5-8-10-20/h1,5,7-10,18,21H,4,6,11-17H2,2H3,(H,26,31). The van der Waals surface area contributed by atoms with Crippen LogP contribution in [0.25, 0.3) is 0 Å². The summed E-state index contributed by atoms with van der Waals surface area (Å²) >= 11 is 0. The maximum Gasteiger partial charge on any atom is 0.254 e. The first kappa shape index (κ1) is 22.5. The van der Waals surface area contributed by atoms with E-state index in [0.717, 1.165) is 31.4 Å². The van der Waals surface area contributed by atoms with Crippen LogP contribution in [0, 0.1) is 19.3 Å². The fourth-order valence-electron chi connectivity index (χ4n) is 3.94. The van der Waals surface area contributed by atoms with Gasteiger partial charge in [0, 0.05) is 44.6 Å². The summed E-state index contributed by atoms with van der Waals surface area (Å²) in [6.07, 6.45) is 11.1. The third kappa shape index (κ3) is 6.39. The summed E-state index contributed by atoms with van der Waals surface area (Å²) in [4.78, 5) is 36.0. The Balaban J connectivity index is 1.59. The van der Waals surface area contributed by atoms with Crippen molar-refractivity contribution in [1.29, 1.82) is 0 Å². The van der Waals surface area contributed by atoms with Crippen LogP contribution in [0.5, 0.6) is 0 Å². The predicted octanol–water partition coefficient (Wildman–Crippen LogP) is 3.27. The molecule has 0 bridgehead atoms. The van der Waals surface area contributed by atoms with Gasteiger partial charge in [-0.25, -0.2) is 9.97 Å². The molecule has 1 fully saturated rings. The summed E-state index contributed by atoms with van der Waals surface area (Å²) in [5.41, 5.74) is 2.52. The average molecular weight is 419 g/mol. The lowest BCUT2D eigenvalue weighted by Crippen LogP contribution is -2.38. The van der Waals surface area contributed by atoms with E-state index in [9.17, 15) is 9.59 Å². The Morgan fingerprint density at radius 2 is 1.97 bits per heavy atom. The molecule has 0 saturated carbocycles. The number of hydrogen-bond donors (Lipinski definition) is 1. The summed E-state index contributed by atoms with van der Waals surface area (Å²) in [5, 5.41) is 3.00. The number of likely N-dealkylation sites (tertiary alicyclic amines) is 1. The quantitative estimate of drug-likeness (QED) is 0.527. The molecule has 1 aromatic carbocycles. The van der Waals surface area contributed by atoms with Crippen molar-refractivity contribution >= 4 is 11.8 Å². The molecular weight excluding hydrogens is 388 g/mol. The molecule has 1 N–H and O–H groups in total. The van der Waals surface area contributed by atoms with Crippen LogP contribution in [0.2, 0.25) is 0 Å². The molecule has 2 aromatic rings. The van der Waals surface area contributed by atoms with Gasteiger partial charge in [0.2, 0.25) is 5.91 Å². The highest BCUT2D eigenvalue weighted by molar-refractivity contribution is 5.95. The summed E-state index contributed by atoms with van der Waals surface area (Å²) in [5.74, 6) is 3.40. The number of terminal acetylenes is 1. The van der Waals surface area contributed by atoms with E-state index in [1.807, 2.05) is 42.2 Å². The van der Waals surface area contributed by atoms with Crippen molar-refractivity contribution in [2.24, 2.45) is 0 Å². The number of unbranched alkanes of at least 4 members (excludes halogenated alkanes) is 1. The van der Waals surface area contributed by atoms with Gasteiger partial charge in [-0.05, 0) is 38.2 Å². The monoisotopic (exact) mass is 418 g/mol. The second-order valence-corrected chi connectivity index (χ2v) is 7.92. The van der Waals surface area contributed by atoms with E-state index in [1.54, 1.807) is 6.20 Å². The lowest BCUT2D eigenvalue weighted by molar-refractivity contribution is -0.132. The fraction of sp³-hybridized carbons (Fsp3) is 0.440. The first-order valence-corrected chi connectivity index (χ1v) is 11.0. The van der Waals surface area contributed by atoms with Gasteiger partial charge in [0.15, 0.2) is 0 Å². The van der Waals surface area contributed by atoms with Gasteiger partial charge in [0.05, 0.1) is 11.3 Å². The van der Waals surface area contributed by atoms with Crippen LogP contribution in [-0.4, -0.2) is 46.3 Å². The number of hydrogen-bond acceptors (Lipinski definition) is 4. The summed E-state index contributed by atoms with van der Waals surface area (Å²) in [7, 11) is 0. The number of piperidine rings is 1. The van der Waals surface area contributed by atoms with Crippen molar-refractivity contribution in [2.75, 3.05) is 19.6 Å². The highest BCUT2D eigenvalue weighted by atomic mass is 16.2. The van der Waals surface area contributed by atoms with E-state index in [1.165, 1.54) is 5.56 Å². The Hall–Kier alpha value is -3.20. The first-order valence-electron chi connectivity index (χ1n) is 11.0. The molecule has 1 aliphatic rings. The van der Waals surface area contributed by atoms with Gasteiger partial charge >= 0.3 is 0 Å². The van der Waals surface area contributed by atoms with E-state index < -0.39 is 0 Å². The van der Waals surface area contributed by atoms with Crippen LogP contribution in [-0.2, 0) is 11.2 Å². The molecule has 162 valence electrons. The van der Waals surface area contributed by atoms with Gasteiger partial charge < -0.3 is 10.2 Å². The van der Waals surface area contributed by atoms with E-state index in [-0.39, 0.29) is 17.7 Å². The minimum absolute atomic E-state index is 0.140. The summed E-state index contributed by atoms with van der Waals surface area (Å²) < 4.78 is 0. The second kappa shape index (κ2) is 11.3. The third-order valence-corrected chi connectivity index (χ3v) is 5.67. The van der Waals surface area contributed by atoms with Gasteiger partial charge in [-0.15, -0.1) is 12.3 Å². The highest BCUT2D eigenvalue weighted by Crippen LogP contribution is 2.29. The van der Waals surface area contributed by atoms with E-state index in [0.29, 0.717) is 43.9 Å². The van der Waals surface area contributed by atoms with Crippen molar-refractivity contribution in [3.05, 3.63) is 59.2 Å². The average Bonchev–Trinajstić information content (AvgIpc) is 2.80. The topological polar surface area (TPSA) is 75.2 Å². The van der Waals surface area contributed by atoms with Crippen LogP contribution >= 0.6 is 0 Å². The molecule has 0 atom stereocenters. The largest absolute Gasteiger partial charge is 0.352 e. The second-order valence-electron chi connectivity index (χ2n) is 7.92. The zero-order chi connectivity index (χ0) is 22.1. The van der Waals surface area contributed by atoms with Gasteiger partial charge in [-0.3, -0.25) is 9.59 Å². The molecular formula is C25H30N4O2. The van der Waals surface area contributed by atoms with E-state index in [4.69, 9.17) is 6.42 Å². The SMILES string of the molecule is C#CCCCC(=O)N1CCC(c2nc(C)ncc2C(=O)NCCc2ccccc2)CC1. The molecule has 0 radical (unpaired) electrons. The molecule has 1 saturated heterocycles. The minimum atomic E-state index is -0.140. The number of aromatic nitrogens is 2. The van der Waals surface area contributed by atoms with Crippen LogP contribution in [0.4, 0.5) is 0 Å². The normalized spacial score (nSPS) is 14.1. The fourth-order valence-corrected chi connectivity index (χ4v) is 3.94. The number of carbonyl (C=O) groups excluding carboxylic acids is 2. The van der Waals surface area contributed by atoms with Crippen LogP contribution in [0.1, 0.15) is 65.5 Å². The first-order chi connectivity index (χ1) is 15.1. The van der Waals surface area contributed by atoms with Crippen LogP contribution in [0.3, 0.4) is 0 Å². The molecule has 3 rings (SSSR count). The van der Waals surface area contributed by atoms with Gasteiger partial charge in [0.25, 0.3) is 5.91 Å². The van der Waals surface area contributed by atoms with Crippen molar-refractivity contribution < 1.29 is 9.59 Å². The molecule has 1 aliphatic heterocycles. The minimum Gasteiger partial charge on any atom is -0.352 e. The summed E-state index contributed by atoms with van der Waals surface area (Å²) in [6.45, 7) is 3.75. The van der Waals surface area contributed by atoms with Crippen molar-refractivity contribution in [1.82, 2.24) is 20.2 Å². The van der Waals surface area contributed by atoms with Gasteiger partial charge in [-0.2, -0.15) is 0 Å². The number of nitrogens with zero attached hydrogens (tertiary/aromatic N) is 3.